The van der Waals surface area contributed by atoms with Crippen LogP contribution in [0.15, 0.2) is 0 Å². The van der Waals surface area contributed by atoms with Crippen LogP contribution in [0.3, 0.4) is 0 Å². The van der Waals surface area contributed by atoms with Crippen molar-refractivity contribution in [2.24, 2.45) is 11.8 Å². The lowest BCUT2D eigenvalue weighted by molar-refractivity contribution is -0.134. The lowest BCUT2D eigenvalue weighted by Crippen LogP contribution is -2.40. The summed E-state index contributed by atoms with van der Waals surface area (Å²) in [7, 11) is 0. The van der Waals surface area contributed by atoms with Crippen molar-refractivity contribution in [1.29, 1.82) is 0 Å². The van der Waals surface area contributed by atoms with E-state index in [4.69, 9.17) is 0 Å². The minimum Gasteiger partial charge on any atom is -0.394 e. The maximum absolute atomic E-state index is 12.1. The number of rotatable bonds is 3. The number of aliphatic hydroxyl groups excluding tert-OH is 1. The Morgan fingerprint density at radius 3 is 2.62 bits per heavy atom. The summed E-state index contributed by atoms with van der Waals surface area (Å²) in [6, 6.07) is 0.0777. The Morgan fingerprint density at radius 1 is 1.31 bits per heavy atom. The van der Waals surface area contributed by atoms with Gasteiger partial charge in [0.2, 0.25) is 5.91 Å². The van der Waals surface area contributed by atoms with E-state index < -0.39 is 0 Å². The molecule has 1 saturated heterocycles. The Bertz CT molecular complexity index is 248. The summed E-state index contributed by atoms with van der Waals surface area (Å²) in [4.78, 5) is 14.1. The highest BCUT2D eigenvalue weighted by Gasteiger charge is 2.34. The molecule has 2 fully saturated rings. The van der Waals surface area contributed by atoms with Gasteiger partial charge < -0.3 is 10.0 Å². The van der Waals surface area contributed by atoms with Crippen molar-refractivity contribution in [2.75, 3.05) is 13.2 Å². The van der Waals surface area contributed by atoms with Crippen LogP contribution in [0.5, 0.6) is 0 Å². The molecule has 1 heterocycles. The molecule has 0 aromatic rings. The fourth-order valence-electron chi connectivity index (χ4n) is 3.17. The molecule has 0 bridgehead atoms. The molecule has 1 N–H and O–H groups in total. The Labute approximate surface area is 97.8 Å². The number of likely N-dealkylation sites (tertiary alicyclic amines) is 1. The van der Waals surface area contributed by atoms with Crippen LogP contribution in [-0.2, 0) is 4.79 Å². The number of nitrogens with zero attached hydrogens (tertiary/aromatic N) is 1. The van der Waals surface area contributed by atoms with Crippen LogP contribution < -0.4 is 0 Å². The molecule has 0 spiro atoms. The quantitative estimate of drug-likeness (QED) is 0.795. The normalized spacial score (nSPS) is 31.2. The van der Waals surface area contributed by atoms with Gasteiger partial charge in [0.05, 0.1) is 12.6 Å². The van der Waals surface area contributed by atoms with Gasteiger partial charge >= 0.3 is 0 Å². The standard InChI is InChI=1S/C13H23NO2/c1-10-6-7-14(12(10)9-15)13(16)8-11-4-2-3-5-11/h10-12,15H,2-9H2,1H3. The molecular formula is C13H23NO2. The highest BCUT2D eigenvalue weighted by molar-refractivity contribution is 5.77. The molecule has 3 heteroatoms. The van der Waals surface area contributed by atoms with Crippen molar-refractivity contribution in [3.63, 3.8) is 0 Å². The van der Waals surface area contributed by atoms with Crippen molar-refractivity contribution in [1.82, 2.24) is 4.90 Å². The molecule has 2 rings (SSSR count). The van der Waals surface area contributed by atoms with E-state index in [-0.39, 0.29) is 18.6 Å². The Balaban J connectivity index is 1.88. The van der Waals surface area contributed by atoms with Gasteiger partial charge in [-0.1, -0.05) is 19.8 Å². The molecule has 0 aromatic heterocycles. The monoisotopic (exact) mass is 225 g/mol. The molecule has 3 nitrogen and oxygen atoms in total. The summed E-state index contributed by atoms with van der Waals surface area (Å²) in [6.45, 7) is 3.10. The minimum absolute atomic E-state index is 0.0777. The first-order chi connectivity index (χ1) is 7.72. The third-order valence-electron chi connectivity index (χ3n) is 4.33. The van der Waals surface area contributed by atoms with Crippen LogP contribution >= 0.6 is 0 Å². The smallest absolute Gasteiger partial charge is 0.223 e. The average molecular weight is 225 g/mol. The van der Waals surface area contributed by atoms with Crippen molar-refractivity contribution < 1.29 is 9.90 Å². The van der Waals surface area contributed by atoms with Gasteiger partial charge in [0, 0.05) is 13.0 Å². The van der Waals surface area contributed by atoms with Crippen LogP contribution in [0.2, 0.25) is 0 Å². The van der Waals surface area contributed by atoms with Gasteiger partial charge in [-0.3, -0.25) is 4.79 Å². The molecule has 0 aromatic carbocycles. The number of amides is 1. The Morgan fingerprint density at radius 2 is 2.00 bits per heavy atom. The second-order valence-corrected chi connectivity index (χ2v) is 5.46. The maximum atomic E-state index is 12.1. The van der Waals surface area contributed by atoms with Crippen molar-refractivity contribution in [3.05, 3.63) is 0 Å². The van der Waals surface area contributed by atoms with Gasteiger partial charge in [-0.25, -0.2) is 0 Å². The van der Waals surface area contributed by atoms with Crippen LogP contribution in [0.4, 0.5) is 0 Å². The van der Waals surface area contributed by atoms with Gasteiger partial charge in [-0.2, -0.15) is 0 Å². The Kier molecular flexibility index (Phi) is 3.85. The summed E-state index contributed by atoms with van der Waals surface area (Å²) in [5.41, 5.74) is 0. The molecule has 16 heavy (non-hydrogen) atoms. The predicted molar refractivity (Wildman–Crippen MR) is 62.9 cm³/mol. The van der Waals surface area contributed by atoms with Gasteiger partial charge in [0.15, 0.2) is 0 Å². The highest BCUT2D eigenvalue weighted by Crippen LogP contribution is 2.30. The van der Waals surface area contributed by atoms with E-state index in [1.165, 1.54) is 25.7 Å². The first-order valence-electron chi connectivity index (χ1n) is 6.62. The number of carbonyl (C=O) groups excluding carboxylic acids is 1. The maximum Gasteiger partial charge on any atom is 0.223 e. The summed E-state index contributed by atoms with van der Waals surface area (Å²) in [6.07, 6.45) is 6.78. The molecule has 1 saturated carbocycles. The first-order valence-corrected chi connectivity index (χ1v) is 6.62. The van der Waals surface area contributed by atoms with E-state index in [1.807, 2.05) is 4.90 Å². The van der Waals surface area contributed by atoms with E-state index in [2.05, 4.69) is 6.92 Å². The van der Waals surface area contributed by atoms with Gasteiger partial charge in [-0.05, 0) is 31.1 Å². The third-order valence-corrected chi connectivity index (χ3v) is 4.33. The van der Waals surface area contributed by atoms with E-state index >= 15 is 0 Å². The van der Waals surface area contributed by atoms with E-state index in [1.54, 1.807) is 0 Å². The predicted octanol–water partition coefficient (Wildman–Crippen LogP) is 1.80. The largest absolute Gasteiger partial charge is 0.394 e. The average Bonchev–Trinajstić information content (AvgIpc) is 2.87. The van der Waals surface area contributed by atoms with Gasteiger partial charge in [0.25, 0.3) is 0 Å². The van der Waals surface area contributed by atoms with Crippen LogP contribution in [0, 0.1) is 11.8 Å². The second-order valence-electron chi connectivity index (χ2n) is 5.46. The molecule has 2 aliphatic rings. The van der Waals surface area contributed by atoms with Crippen molar-refractivity contribution in [3.8, 4) is 0 Å². The van der Waals surface area contributed by atoms with Gasteiger partial charge in [-0.15, -0.1) is 0 Å². The van der Waals surface area contributed by atoms with Crippen LogP contribution in [0.1, 0.15) is 45.4 Å². The number of hydrogen-bond acceptors (Lipinski definition) is 2. The van der Waals surface area contributed by atoms with Crippen LogP contribution in [-0.4, -0.2) is 35.1 Å². The molecule has 2 unspecified atom stereocenters. The molecule has 92 valence electrons. The lowest BCUT2D eigenvalue weighted by atomic mass is 10.0. The van der Waals surface area contributed by atoms with E-state index in [0.29, 0.717) is 18.3 Å². The fourth-order valence-corrected chi connectivity index (χ4v) is 3.17. The zero-order chi connectivity index (χ0) is 11.5. The van der Waals surface area contributed by atoms with Gasteiger partial charge in [0.1, 0.15) is 0 Å². The molecule has 2 atom stereocenters. The minimum atomic E-state index is 0.0777. The van der Waals surface area contributed by atoms with Crippen molar-refractivity contribution in [2.45, 2.75) is 51.5 Å². The van der Waals surface area contributed by atoms with E-state index in [9.17, 15) is 9.90 Å². The molecule has 1 amide bonds. The molecular weight excluding hydrogens is 202 g/mol. The van der Waals surface area contributed by atoms with Crippen LogP contribution in [0.25, 0.3) is 0 Å². The third kappa shape index (κ3) is 2.40. The molecule has 1 aliphatic heterocycles. The highest BCUT2D eigenvalue weighted by atomic mass is 16.3. The fraction of sp³-hybridized carbons (Fsp3) is 0.923. The lowest BCUT2D eigenvalue weighted by Gasteiger charge is -2.26. The summed E-state index contributed by atoms with van der Waals surface area (Å²) >= 11 is 0. The Hall–Kier alpha value is -0.570. The zero-order valence-electron chi connectivity index (χ0n) is 10.2. The molecule has 1 aliphatic carbocycles. The summed E-state index contributed by atoms with van der Waals surface area (Å²) < 4.78 is 0. The first kappa shape index (κ1) is 11.9. The summed E-state index contributed by atoms with van der Waals surface area (Å²) in [5.74, 6) is 1.34. The SMILES string of the molecule is CC1CCN(C(=O)CC2CCCC2)C1CO. The van der Waals surface area contributed by atoms with E-state index in [0.717, 1.165) is 13.0 Å². The zero-order valence-corrected chi connectivity index (χ0v) is 10.2. The second kappa shape index (κ2) is 5.17. The summed E-state index contributed by atoms with van der Waals surface area (Å²) in [5, 5.41) is 9.32. The number of hydrogen-bond donors (Lipinski definition) is 1. The number of aliphatic hydroxyl groups is 1. The molecule has 0 radical (unpaired) electrons. The van der Waals surface area contributed by atoms with Crippen molar-refractivity contribution >= 4 is 5.91 Å². The topological polar surface area (TPSA) is 40.5 Å². The number of carbonyl (C=O) groups is 1.